The van der Waals surface area contributed by atoms with Gasteiger partial charge in [-0.2, -0.15) is 0 Å². The van der Waals surface area contributed by atoms with Crippen LogP contribution < -0.4 is 5.32 Å². The third-order valence-corrected chi connectivity index (χ3v) is 6.26. The second-order valence-corrected chi connectivity index (χ2v) is 7.87. The SMILES string of the molecule is C=CCNC(=O)C(C1CCCC1)N1CCN(C(=O)C2CCCC2)CC1. The Labute approximate surface area is 151 Å². The van der Waals surface area contributed by atoms with Crippen LogP contribution >= 0.6 is 0 Å². The zero-order chi connectivity index (χ0) is 17.6. The van der Waals surface area contributed by atoms with Gasteiger partial charge in [-0.05, 0) is 31.6 Å². The minimum absolute atomic E-state index is 0.0359. The van der Waals surface area contributed by atoms with Crippen molar-refractivity contribution in [2.75, 3.05) is 32.7 Å². The van der Waals surface area contributed by atoms with Crippen molar-refractivity contribution in [2.45, 2.75) is 57.4 Å². The van der Waals surface area contributed by atoms with Crippen LogP contribution in [0.2, 0.25) is 0 Å². The summed E-state index contributed by atoms with van der Waals surface area (Å²) in [5.74, 6) is 1.21. The molecular formula is C20H33N3O2. The molecule has 0 radical (unpaired) electrons. The van der Waals surface area contributed by atoms with Crippen LogP contribution in [0.15, 0.2) is 12.7 Å². The predicted octanol–water partition coefficient (Wildman–Crippen LogP) is 2.18. The molecule has 3 aliphatic rings. The summed E-state index contributed by atoms with van der Waals surface area (Å²) >= 11 is 0. The molecule has 0 aromatic carbocycles. The van der Waals surface area contributed by atoms with Crippen LogP contribution in [-0.2, 0) is 9.59 Å². The third kappa shape index (κ3) is 4.43. The molecule has 1 N–H and O–H groups in total. The number of hydrogen-bond donors (Lipinski definition) is 1. The van der Waals surface area contributed by atoms with Gasteiger partial charge in [-0.3, -0.25) is 14.5 Å². The van der Waals surface area contributed by atoms with Crippen molar-refractivity contribution in [1.82, 2.24) is 15.1 Å². The number of rotatable bonds is 6. The molecule has 1 atom stereocenters. The molecule has 3 fully saturated rings. The molecule has 1 saturated heterocycles. The Morgan fingerprint density at radius 1 is 1.00 bits per heavy atom. The lowest BCUT2D eigenvalue weighted by Crippen LogP contribution is -2.58. The fourth-order valence-electron chi connectivity index (χ4n) is 4.88. The van der Waals surface area contributed by atoms with Gasteiger partial charge in [-0.1, -0.05) is 31.8 Å². The third-order valence-electron chi connectivity index (χ3n) is 6.26. The normalized spacial score (nSPS) is 24.4. The number of piperazine rings is 1. The molecular weight excluding hydrogens is 314 g/mol. The first-order chi connectivity index (χ1) is 12.2. The molecule has 0 aromatic heterocycles. The second kappa shape index (κ2) is 8.84. The average Bonchev–Trinajstić information content (AvgIpc) is 3.34. The Hall–Kier alpha value is -1.36. The maximum absolute atomic E-state index is 12.7. The number of nitrogens with one attached hydrogen (secondary N) is 1. The number of carbonyl (C=O) groups is 2. The van der Waals surface area contributed by atoms with Gasteiger partial charge >= 0.3 is 0 Å². The van der Waals surface area contributed by atoms with Crippen LogP contribution in [0.5, 0.6) is 0 Å². The van der Waals surface area contributed by atoms with E-state index in [4.69, 9.17) is 0 Å². The van der Waals surface area contributed by atoms with Crippen LogP contribution in [-0.4, -0.2) is 60.4 Å². The molecule has 0 aromatic rings. The molecule has 2 aliphatic carbocycles. The van der Waals surface area contributed by atoms with Crippen molar-refractivity contribution < 1.29 is 9.59 Å². The molecule has 1 aliphatic heterocycles. The Balaban J connectivity index is 1.58. The van der Waals surface area contributed by atoms with E-state index in [0.29, 0.717) is 18.4 Å². The van der Waals surface area contributed by atoms with Crippen LogP contribution in [0.4, 0.5) is 0 Å². The summed E-state index contributed by atoms with van der Waals surface area (Å²) in [4.78, 5) is 29.7. The number of carbonyl (C=O) groups excluding carboxylic acids is 2. The van der Waals surface area contributed by atoms with Gasteiger partial charge in [0.2, 0.25) is 11.8 Å². The van der Waals surface area contributed by atoms with Gasteiger partial charge in [0, 0.05) is 38.6 Å². The van der Waals surface area contributed by atoms with E-state index in [1.807, 2.05) is 4.90 Å². The van der Waals surface area contributed by atoms with Gasteiger partial charge in [0.1, 0.15) is 0 Å². The molecule has 140 valence electrons. The monoisotopic (exact) mass is 347 g/mol. The summed E-state index contributed by atoms with van der Waals surface area (Å²) in [7, 11) is 0. The molecule has 2 saturated carbocycles. The van der Waals surface area contributed by atoms with E-state index in [2.05, 4.69) is 16.8 Å². The minimum Gasteiger partial charge on any atom is -0.351 e. The fraction of sp³-hybridized carbons (Fsp3) is 0.800. The van der Waals surface area contributed by atoms with Crippen molar-refractivity contribution in [3.05, 3.63) is 12.7 Å². The molecule has 3 rings (SSSR count). The maximum atomic E-state index is 12.7. The highest BCUT2D eigenvalue weighted by atomic mass is 16.2. The Morgan fingerprint density at radius 3 is 2.20 bits per heavy atom. The summed E-state index contributed by atoms with van der Waals surface area (Å²) in [5.41, 5.74) is 0. The van der Waals surface area contributed by atoms with Crippen molar-refractivity contribution in [1.29, 1.82) is 0 Å². The summed E-state index contributed by atoms with van der Waals surface area (Å²) in [6.07, 6.45) is 11.0. The van der Waals surface area contributed by atoms with E-state index in [0.717, 1.165) is 51.9 Å². The van der Waals surface area contributed by atoms with E-state index < -0.39 is 0 Å². The van der Waals surface area contributed by atoms with Gasteiger partial charge < -0.3 is 10.2 Å². The van der Waals surface area contributed by atoms with E-state index in [-0.39, 0.29) is 17.9 Å². The van der Waals surface area contributed by atoms with Gasteiger partial charge in [0.05, 0.1) is 6.04 Å². The molecule has 1 heterocycles. The topological polar surface area (TPSA) is 52.7 Å². The standard InChI is InChI=1S/C20H33N3O2/c1-2-11-21-19(24)18(16-7-3-4-8-16)22-12-14-23(15-13-22)20(25)17-9-5-6-10-17/h2,16-18H,1,3-15H2,(H,21,24). The molecule has 25 heavy (non-hydrogen) atoms. The highest BCUT2D eigenvalue weighted by Crippen LogP contribution is 2.32. The first kappa shape index (κ1) is 18.4. The zero-order valence-electron chi connectivity index (χ0n) is 15.4. The van der Waals surface area contributed by atoms with E-state index in [1.165, 1.54) is 25.7 Å². The summed E-state index contributed by atoms with van der Waals surface area (Å²) in [6, 6.07) is -0.0359. The minimum atomic E-state index is -0.0359. The molecule has 0 spiro atoms. The lowest BCUT2D eigenvalue weighted by Gasteiger charge is -2.41. The predicted molar refractivity (Wildman–Crippen MR) is 99.1 cm³/mol. The smallest absolute Gasteiger partial charge is 0.237 e. The Kier molecular flexibility index (Phi) is 6.51. The molecule has 5 heteroatoms. The van der Waals surface area contributed by atoms with Gasteiger partial charge in [-0.15, -0.1) is 6.58 Å². The van der Waals surface area contributed by atoms with Crippen molar-refractivity contribution >= 4 is 11.8 Å². The average molecular weight is 348 g/mol. The van der Waals surface area contributed by atoms with Gasteiger partial charge in [0.25, 0.3) is 0 Å². The highest BCUT2D eigenvalue weighted by molar-refractivity contribution is 5.82. The summed E-state index contributed by atoms with van der Waals surface area (Å²) < 4.78 is 0. The van der Waals surface area contributed by atoms with E-state index >= 15 is 0 Å². The van der Waals surface area contributed by atoms with Gasteiger partial charge in [-0.25, -0.2) is 0 Å². The number of amides is 2. The Morgan fingerprint density at radius 2 is 1.60 bits per heavy atom. The lowest BCUT2D eigenvalue weighted by atomic mass is 9.94. The van der Waals surface area contributed by atoms with Crippen molar-refractivity contribution in [2.24, 2.45) is 11.8 Å². The highest BCUT2D eigenvalue weighted by Gasteiger charge is 2.38. The van der Waals surface area contributed by atoms with E-state index in [1.54, 1.807) is 6.08 Å². The van der Waals surface area contributed by atoms with Crippen molar-refractivity contribution in [3.8, 4) is 0 Å². The summed E-state index contributed by atoms with van der Waals surface area (Å²) in [6.45, 7) is 7.41. The molecule has 1 unspecified atom stereocenters. The van der Waals surface area contributed by atoms with Gasteiger partial charge in [0.15, 0.2) is 0 Å². The first-order valence-corrected chi connectivity index (χ1v) is 10.1. The zero-order valence-corrected chi connectivity index (χ0v) is 15.4. The van der Waals surface area contributed by atoms with Crippen LogP contribution in [0.1, 0.15) is 51.4 Å². The summed E-state index contributed by atoms with van der Waals surface area (Å²) in [5, 5.41) is 3.01. The van der Waals surface area contributed by atoms with Crippen LogP contribution in [0.3, 0.4) is 0 Å². The lowest BCUT2D eigenvalue weighted by molar-refractivity contribution is -0.138. The largest absolute Gasteiger partial charge is 0.351 e. The number of nitrogens with zero attached hydrogens (tertiary/aromatic N) is 2. The molecule has 2 amide bonds. The van der Waals surface area contributed by atoms with Crippen molar-refractivity contribution in [3.63, 3.8) is 0 Å². The first-order valence-electron chi connectivity index (χ1n) is 10.1. The maximum Gasteiger partial charge on any atom is 0.237 e. The molecule has 0 bridgehead atoms. The second-order valence-electron chi connectivity index (χ2n) is 7.87. The molecule has 5 nitrogen and oxygen atoms in total. The Bertz CT molecular complexity index is 473. The quantitative estimate of drug-likeness (QED) is 0.749. The fourth-order valence-corrected chi connectivity index (χ4v) is 4.88. The van der Waals surface area contributed by atoms with E-state index in [9.17, 15) is 9.59 Å². The van der Waals surface area contributed by atoms with Crippen LogP contribution in [0.25, 0.3) is 0 Å². The van der Waals surface area contributed by atoms with Crippen LogP contribution in [0, 0.1) is 11.8 Å². The number of hydrogen-bond acceptors (Lipinski definition) is 3.